The van der Waals surface area contributed by atoms with Gasteiger partial charge in [-0.3, -0.25) is 10.1 Å². The van der Waals surface area contributed by atoms with Crippen molar-refractivity contribution in [3.8, 4) is 11.1 Å². The lowest BCUT2D eigenvalue weighted by Gasteiger charge is -2.17. The average molecular weight is 478 g/mol. The zero-order chi connectivity index (χ0) is 25.1. The van der Waals surface area contributed by atoms with Crippen LogP contribution in [0.15, 0.2) is 66.7 Å². The summed E-state index contributed by atoms with van der Waals surface area (Å²) in [5.41, 5.74) is 3.86. The number of halogens is 1. The SMILES string of the molecule is C[C@@H](O)[C@H](NC(=O)c1cc(NC(=O)OCC2c3ccccc3-c3ccccc32)ccc1F)C(=O)O. The Labute approximate surface area is 200 Å². The minimum atomic E-state index is -1.62. The molecule has 0 aliphatic heterocycles. The zero-order valence-electron chi connectivity index (χ0n) is 18.7. The molecular weight excluding hydrogens is 455 g/mol. The Morgan fingerprint density at radius 2 is 1.60 bits per heavy atom. The highest BCUT2D eigenvalue weighted by molar-refractivity contribution is 5.98. The molecule has 3 aromatic carbocycles. The monoisotopic (exact) mass is 478 g/mol. The van der Waals surface area contributed by atoms with E-state index in [-0.39, 0.29) is 18.2 Å². The summed E-state index contributed by atoms with van der Waals surface area (Å²) in [7, 11) is 0. The van der Waals surface area contributed by atoms with E-state index in [4.69, 9.17) is 9.84 Å². The maximum atomic E-state index is 14.2. The highest BCUT2D eigenvalue weighted by atomic mass is 19.1. The first kappa shape index (κ1) is 23.9. The number of ether oxygens (including phenoxy) is 1. The Morgan fingerprint density at radius 1 is 1.00 bits per heavy atom. The van der Waals surface area contributed by atoms with E-state index in [1.54, 1.807) is 0 Å². The molecule has 1 aliphatic rings. The highest BCUT2D eigenvalue weighted by Gasteiger charge is 2.29. The second kappa shape index (κ2) is 9.94. The van der Waals surface area contributed by atoms with E-state index in [0.717, 1.165) is 34.4 Å². The topological polar surface area (TPSA) is 125 Å². The standard InChI is InChI=1S/C26H23FN2O6/c1-14(30)23(25(32)33)29-24(31)20-12-15(10-11-22(20)27)28-26(34)35-13-21-18-8-4-2-6-16(18)17-7-3-5-9-19(17)21/h2-12,14,21,23,30H,13H2,1H3,(H,28,34)(H,29,31)(H,32,33)/t14-,23+/m1/s1. The van der Waals surface area contributed by atoms with E-state index >= 15 is 0 Å². The van der Waals surface area contributed by atoms with Gasteiger partial charge in [0.15, 0.2) is 6.04 Å². The Kier molecular flexibility index (Phi) is 6.79. The Hall–Kier alpha value is -4.24. The number of hydrogen-bond donors (Lipinski definition) is 4. The van der Waals surface area contributed by atoms with Gasteiger partial charge in [0.05, 0.1) is 11.7 Å². The molecule has 0 unspecified atom stereocenters. The normalized spacial score (nSPS) is 13.8. The molecule has 0 spiro atoms. The van der Waals surface area contributed by atoms with E-state index in [1.165, 1.54) is 13.0 Å². The molecule has 0 bridgehead atoms. The Morgan fingerprint density at radius 3 is 2.17 bits per heavy atom. The van der Waals surface area contributed by atoms with Gasteiger partial charge in [0.2, 0.25) is 0 Å². The molecule has 0 fully saturated rings. The molecule has 1 aliphatic carbocycles. The molecule has 4 rings (SSSR count). The highest BCUT2D eigenvalue weighted by Crippen LogP contribution is 2.44. The quantitative estimate of drug-likeness (QED) is 0.410. The van der Waals surface area contributed by atoms with Gasteiger partial charge in [-0.25, -0.2) is 14.0 Å². The van der Waals surface area contributed by atoms with Crippen LogP contribution >= 0.6 is 0 Å². The van der Waals surface area contributed by atoms with Crippen LogP contribution in [-0.4, -0.2) is 46.9 Å². The fourth-order valence-electron chi connectivity index (χ4n) is 4.14. The number of rotatable bonds is 7. The fourth-order valence-corrected chi connectivity index (χ4v) is 4.14. The summed E-state index contributed by atoms with van der Waals surface area (Å²) in [6.45, 7) is 1.26. The third kappa shape index (κ3) is 4.99. The van der Waals surface area contributed by atoms with E-state index in [2.05, 4.69) is 10.6 Å². The van der Waals surface area contributed by atoms with Gasteiger partial charge in [-0.15, -0.1) is 0 Å². The number of fused-ring (bicyclic) bond motifs is 3. The predicted octanol–water partition coefficient (Wildman–Crippen LogP) is 3.75. The minimum absolute atomic E-state index is 0.0725. The molecule has 2 amide bonds. The van der Waals surface area contributed by atoms with Crippen molar-refractivity contribution in [1.29, 1.82) is 0 Å². The van der Waals surface area contributed by atoms with Crippen LogP contribution < -0.4 is 10.6 Å². The maximum absolute atomic E-state index is 14.2. The van der Waals surface area contributed by atoms with E-state index < -0.39 is 41.5 Å². The molecule has 4 N–H and O–H groups in total. The van der Waals surface area contributed by atoms with Crippen LogP contribution in [0.1, 0.15) is 34.3 Å². The van der Waals surface area contributed by atoms with Crippen molar-refractivity contribution in [2.24, 2.45) is 0 Å². The van der Waals surface area contributed by atoms with Gasteiger partial charge in [0.25, 0.3) is 5.91 Å². The van der Waals surface area contributed by atoms with Crippen molar-refractivity contribution in [1.82, 2.24) is 5.32 Å². The Balaban J connectivity index is 1.44. The van der Waals surface area contributed by atoms with Crippen molar-refractivity contribution in [3.05, 3.63) is 89.2 Å². The van der Waals surface area contributed by atoms with Crippen molar-refractivity contribution in [2.45, 2.75) is 25.0 Å². The molecule has 35 heavy (non-hydrogen) atoms. The molecular formula is C26H23FN2O6. The van der Waals surface area contributed by atoms with E-state index in [1.807, 2.05) is 48.5 Å². The lowest BCUT2D eigenvalue weighted by molar-refractivity contribution is -0.141. The lowest BCUT2D eigenvalue weighted by Crippen LogP contribution is -2.47. The lowest BCUT2D eigenvalue weighted by atomic mass is 9.98. The number of aliphatic carboxylic acids is 1. The van der Waals surface area contributed by atoms with Crippen LogP contribution in [0.4, 0.5) is 14.9 Å². The minimum Gasteiger partial charge on any atom is -0.480 e. The van der Waals surface area contributed by atoms with Crippen LogP contribution in [-0.2, 0) is 9.53 Å². The van der Waals surface area contributed by atoms with Crippen molar-refractivity contribution in [2.75, 3.05) is 11.9 Å². The summed E-state index contributed by atoms with van der Waals surface area (Å²) in [6, 6.07) is 17.4. The van der Waals surface area contributed by atoms with Gasteiger partial charge < -0.3 is 20.3 Å². The second-order valence-corrected chi connectivity index (χ2v) is 8.18. The number of carbonyl (C=O) groups is 3. The smallest absolute Gasteiger partial charge is 0.411 e. The summed E-state index contributed by atoms with van der Waals surface area (Å²) in [6.07, 6.45) is -2.20. The zero-order valence-corrected chi connectivity index (χ0v) is 18.7. The van der Waals surface area contributed by atoms with Crippen LogP contribution in [0.3, 0.4) is 0 Å². The number of benzene rings is 3. The maximum Gasteiger partial charge on any atom is 0.411 e. The van der Waals surface area contributed by atoms with Gasteiger partial charge in [-0.2, -0.15) is 0 Å². The van der Waals surface area contributed by atoms with Crippen LogP contribution in [0, 0.1) is 5.82 Å². The summed E-state index contributed by atoms with van der Waals surface area (Å²) in [5.74, 6) is -3.58. The molecule has 0 aromatic heterocycles. The first-order valence-corrected chi connectivity index (χ1v) is 10.9. The summed E-state index contributed by atoms with van der Waals surface area (Å²) in [4.78, 5) is 36.1. The van der Waals surface area contributed by atoms with E-state index in [9.17, 15) is 23.9 Å². The molecule has 0 saturated heterocycles. The van der Waals surface area contributed by atoms with Gasteiger partial charge in [0.1, 0.15) is 12.4 Å². The molecule has 3 aromatic rings. The number of amides is 2. The summed E-state index contributed by atoms with van der Waals surface area (Å²) in [5, 5.41) is 23.2. The first-order valence-electron chi connectivity index (χ1n) is 10.9. The number of aliphatic hydroxyl groups excluding tert-OH is 1. The largest absolute Gasteiger partial charge is 0.480 e. The molecule has 0 saturated carbocycles. The van der Waals surface area contributed by atoms with Crippen molar-refractivity contribution >= 4 is 23.7 Å². The van der Waals surface area contributed by atoms with Crippen molar-refractivity contribution in [3.63, 3.8) is 0 Å². The molecule has 0 radical (unpaired) electrons. The molecule has 9 heteroatoms. The first-order chi connectivity index (χ1) is 16.8. The summed E-state index contributed by atoms with van der Waals surface area (Å²) >= 11 is 0. The van der Waals surface area contributed by atoms with Gasteiger partial charge in [0, 0.05) is 11.6 Å². The number of carboxylic acids is 1. The average Bonchev–Trinajstić information content (AvgIpc) is 3.15. The number of hydrogen-bond acceptors (Lipinski definition) is 5. The van der Waals surface area contributed by atoms with Crippen LogP contribution in [0.5, 0.6) is 0 Å². The Bertz CT molecular complexity index is 1250. The third-order valence-corrected chi connectivity index (χ3v) is 5.84. The van der Waals surface area contributed by atoms with Crippen LogP contribution in [0.2, 0.25) is 0 Å². The van der Waals surface area contributed by atoms with Gasteiger partial charge >= 0.3 is 12.1 Å². The predicted molar refractivity (Wildman–Crippen MR) is 126 cm³/mol. The van der Waals surface area contributed by atoms with Crippen molar-refractivity contribution < 1.29 is 33.7 Å². The molecule has 2 atom stereocenters. The number of carbonyl (C=O) groups excluding carboxylic acids is 2. The molecule has 180 valence electrons. The summed E-state index contributed by atoms with van der Waals surface area (Å²) < 4.78 is 19.7. The second-order valence-electron chi connectivity index (χ2n) is 8.18. The fraction of sp³-hybridized carbons (Fsp3) is 0.192. The number of anilines is 1. The number of aliphatic hydroxyl groups is 1. The van der Waals surface area contributed by atoms with Gasteiger partial charge in [-0.05, 0) is 47.4 Å². The van der Waals surface area contributed by atoms with E-state index in [0.29, 0.717) is 0 Å². The van der Waals surface area contributed by atoms with Gasteiger partial charge in [-0.1, -0.05) is 48.5 Å². The van der Waals surface area contributed by atoms with Crippen LogP contribution in [0.25, 0.3) is 11.1 Å². The third-order valence-electron chi connectivity index (χ3n) is 5.84. The number of nitrogens with one attached hydrogen (secondary N) is 2. The molecule has 0 heterocycles. The number of carboxylic acid groups (broad SMARTS) is 1. The molecule has 8 nitrogen and oxygen atoms in total.